The van der Waals surface area contributed by atoms with Crippen molar-refractivity contribution >= 4 is 17.0 Å². The molecule has 5 heteroatoms. The number of nitrogens with zero attached hydrogens (tertiary/aromatic N) is 4. The van der Waals surface area contributed by atoms with Crippen LogP contribution in [0, 0.1) is 11.3 Å². The minimum Gasteiger partial charge on any atom is -0.382 e. The van der Waals surface area contributed by atoms with Crippen LogP contribution in [-0.4, -0.2) is 19.5 Å². The topological polar surface area (TPSA) is 69.6 Å². The predicted molar refractivity (Wildman–Crippen MR) is 70.6 cm³/mol. The summed E-state index contributed by atoms with van der Waals surface area (Å²) >= 11 is 0. The molecule has 95 valence electrons. The van der Waals surface area contributed by atoms with E-state index in [1.807, 2.05) is 6.33 Å². The van der Waals surface area contributed by atoms with Crippen molar-refractivity contribution < 1.29 is 0 Å². The molecule has 0 amide bonds. The standard InChI is InChI=1S/C13H18N5/c1-3-9-5-13(9,4-2)6-18-8-17-10-11(14)15-7-16-12(10)18/h7-8H,3-6H2,1-2H3,(H2,14,15,16). The number of nitrogen functional groups attached to an aromatic ring is 1. The lowest BCUT2D eigenvalue weighted by atomic mass is 9.99. The fourth-order valence-electron chi connectivity index (χ4n) is 2.86. The molecule has 0 bridgehead atoms. The van der Waals surface area contributed by atoms with Crippen LogP contribution in [0.1, 0.15) is 33.1 Å². The maximum Gasteiger partial charge on any atom is 0.165 e. The van der Waals surface area contributed by atoms with Crippen molar-refractivity contribution in [3.05, 3.63) is 18.6 Å². The average molecular weight is 244 g/mol. The van der Waals surface area contributed by atoms with E-state index < -0.39 is 0 Å². The molecular weight excluding hydrogens is 226 g/mol. The van der Waals surface area contributed by atoms with E-state index in [1.54, 1.807) is 5.92 Å². The Kier molecular flexibility index (Phi) is 2.50. The third kappa shape index (κ3) is 1.57. The molecule has 1 saturated carbocycles. The third-order valence-electron chi connectivity index (χ3n) is 4.18. The number of nitrogens with two attached hydrogens (primary N) is 1. The third-order valence-corrected chi connectivity index (χ3v) is 4.18. The molecule has 1 aliphatic carbocycles. The lowest BCUT2D eigenvalue weighted by molar-refractivity contribution is 0.418. The Balaban J connectivity index is 1.94. The van der Waals surface area contributed by atoms with Gasteiger partial charge < -0.3 is 10.3 Å². The van der Waals surface area contributed by atoms with Crippen molar-refractivity contribution in [3.8, 4) is 0 Å². The van der Waals surface area contributed by atoms with E-state index in [0.717, 1.165) is 12.2 Å². The van der Waals surface area contributed by atoms with Crippen LogP contribution < -0.4 is 5.73 Å². The molecule has 1 atom stereocenters. The molecule has 1 radical (unpaired) electrons. The van der Waals surface area contributed by atoms with Gasteiger partial charge in [0, 0.05) is 6.54 Å². The van der Waals surface area contributed by atoms with Gasteiger partial charge in [0.15, 0.2) is 11.5 Å². The number of rotatable bonds is 4. The maximum atomic E-state index is 5.80. The maximum absolute atomic E-state index is 5.80. The van der Waals surface area contributed by atoms with Crippen LogP contribution in [0.15, 0.2) is 12.7 Å². The van der Waals surface area contributed by atoms with E-state index in [0.29, 0.717) is 16.7 Å². The van der Waals surface area contributed by atoms with E-state index in [-0.39, 0.29) is 0 Å². The molecular formula is C13H18N5. The van der Waals surface area contributed by atoms with E-state index in [4.69, 9.17) is 5.73 Å². The van der Waals surface area contributed by atoms with Crippen LogP contribution >= 0.6 is 0 Å². The summed E-state index contributed by atoms with van der Waals surface area (Å²) in [7, 11) is 0. The van der Waals surface area contributed by atoms with Gasteiger partial charge in [-0.25, -0.2) is 15.0 Å². The van der Waals surface area contributed by atoms with Gasteiger partial charge in [0.25, 0.3) is 0 Å². The summed E-state index contributed by atoms with van der Waals surface area (Å²) in [4.78, 5) is 12.6. The van der Waals surface area contributed by atoms with Gasteiger partial charge in [-0.15, -0.1) is 0 Å². The Morgan fingerprint density at radius 1 is 1.33 bits per heavy atom. The smallest absolute Gasteiger partial charge is 0.165 e. The van der Waals surface area contributed by atoms with Gasteiger partial charge in [-0.05, 0) is 30.6 Å². The first-order valence-electron chi connectivity index (χ1n) is 6.46. The molecule has 2 N–H and O–H groups in total. The fraction of sp³-hybridized carbons (Fsp3) is 0.538. The minimum atomic E-state index is 0.363. The first kappa shape index (κ1) is 11.4. The molecule has 0 saturated heterocycles. The van der Waals surface area contributed by atoms with Crippen LogP contribution in [0.2, 0.25) is 0 Å². The summed E-state index contributed by atoms with van der Waals surface area (Å²) in [6.45, 7) is 5.45. The number of anilines is 1. The lowest BCUT2D eigenvalue weighted by Gasteiger charge is -2.15. The zero-order valence-corrected chi connectivity index (χ0v) is 10.8. The second-order valence-electron chi connectivity index (χ2n) is 5.07. The highest BCUT2D eigenvalue weighted by atomic mass is 15.1. The van der Waals surface area contributed by atoms with Crippen LogP contribution in [0.5, 0.6) is 0 Å². The highest BCUT2D eigenvalue weighted by Crippen LogP contribution is 2.60. The van der Waals surface area contributed by atoms with Gasteiger partial charge in [0.1, 0.15) is 11.8 Å². The van der Waals surface area contributed by atoms with Crippen LogP contribution in [0.3, 0.4) is 0 Å². The van der Waals surface area contributed by atoms with Crippen LogP contribution in [-0.2, 0) is 6.54 Å². The normalized spacial score (nSPS) is 23.7. The number of hydrogen-bond donors (Lipinski definition) is 1. The summed E-state index contributed by atoms with van der Waals surface area (Å²) in [6.07, 6.45) is 6.93. The van der Waals surface area contributed by atoms with E-state index in [9.17, 15) is 0 Å². The molecule has 2 aromatic heterocycles. The first-order chi connectivity index (χ1) is 8.70. The molecule has 2 aromatic rings. The van der Waals surface area contributed by atoms with Crippen molar-refractivity contribution in [3.63, 3.8) is 0 Å². The highest BCUT2D eigenvalue weighted by Gasteiger charge is 2.51. The van der Waals surface area contributed by atoms with Crippen LogP contribution in [0.4, 0.5) is 5.82 Å². The SMILES string of the molecule is CC[C]1CC1(CC)Cn1cnc2c(N)ncnc21. The van der Waals surface area contributed by atoms with Crippen molar-refractivity contribution in [1.82, 2.24) is 19.5 Å². The van der Waals surface area contributed by atoms with Crippen molar-refractivity contribution in [1.29, 1.82) is 0 Å². The van der Waals surface area contributed by atoms with Crippen molar-refractivity contribution in [2.24, 2.45) is 5.41 Å². The summed E-state index contributed by atoms with van der Waals surface area (Å²) in [5.41, 5.74) is 7.72. The molecule has 18 heavy (non-hydrogen) atoms. The zero-order valence-electron chi connectivity index (χ0n) is 10.8. The molecule has 5 nitrogen and oxygen atoms in total. The van der Waals surface area contributed by atoms with Crippen molar-refractivity contribution in [2.75, 3.05) is 5.73 Å². The zero-order chi connectivity index (χ0) is 12.8. The van der Waals surface area contributed by atoms with E-state index in [2.05, 4.69) is 33.4 Å². The number of aromatic nitrogens is 4. The largest absolute Gasteiger partial charge is 0.382 e. The van der Waals surface area contributed by atoms with Gasteiger partial charge in [0.2, 0.25) is 0 Å². The minimum absolute atomic E-state index is 0.363. The quantitative estimate of drug-likeness (QED) is 0.895. The molecule has 1 fully saturated rings. The number of hydrogen-bond acceptors (Lipinski definition) is 4. The van der Waals surface area contributed by atoms with E-state index >= 15 is 0 Å². The van der Waals surface area contributed by atoms with Gasteiger partial charge in [-0.3, -0.25) is 0 Å². The van der Waals surface area contributed by atoms with Crippen molar-refractivity contribution in [2.45, 2.75) is 39.7 Å². The molecule has 3 rings (SSSR count). The Hall–Kier alpha value is -1.65. The molecule has 0 aliphatic heterocycles. The lowest BCUT2D eigenvalue weighted by Crippen LogP contribution is -2.12. The first-order valence-corrected chi connectivity index (χ1v) is 6.46. The van der Waals surface area contributed by atoms with Gasteiger partial charge in [0.05, 0.1) is 6.33 Å². The Labute approximate surface area is 106 Å². The Morgan fingerprint density at radius 3 is 2.83 bits per heavy atom. The van der Waals surface area contributed by atoms with Crippen LogP contribution in [0.25, 0.3) is 11.2 Å². The Morgan fingerprint density at radius 2 is 2.17 bits per heavy atom. The van der Waals surface area contributed by atoms with E-state index in [1.165, 1.54) is 25.6 Å². The number of imidazole rings is 1. The molecule has 1 unspecified atom stereocenters. The van der Waals surface area contributed by atoms with Gasteiger partial charge >= 0.3 is 0 Å². The number of fused-ring (bicyclic) bond motifs is 1. The van der Waals surface area contributed by atoms with Gasteiger partial charge in [-0.1, -0.05) is 13.8 Å². The second kappa shape index (κ2) is 3.93. The summed E-state index contributed by atoms with van der Waals surface area (Å²) in [5.74, 6) is 2.12. The summed E-state index contributed by atoms with van der Waals surface area (Å²) in [5, 5.41) is 0. The summed E-state index contributed by atoms with van der Waals surface area (Å²) < 4.78 is 2.11. The molecule has 0 spiro atoms. The second-order valence-corrected chi connectivity index (χ2v) is 5.07. The summed E-state index contributed by atoms with van der Waals surface area (Å²) in [6, 6.07) is 0. The molecule has 2 heterocycles. The van der Waals surface area contributed by atoms with Gasteiger partial charge in [-0.2, -0.15) is 0 Å². The predicted octanol–water partition coefficient (Wildman–Crippen LogP) is 2.19. The molecule has 0 aromatic carbocycles. The highest BCUT2D eigenvalue weighted by molar-refractivity contribution is 5.81. The molecule has 1 aliphatic rings. The Bertz CT molecular complexity index is 576. The average Bonchev–Trinajstić information content (AvgIpc) is 2.94. The monoisotopic (exact) mass is 244 g/mol. The fourth-order valence-corrected chi connectivity index (χ4v) is 2.86.